The molecule has 0 bridgehead atoms. The predicted octanol–water partition coefficient (Wildman–Crippen LogP) is 2.40. The van der Waals surface area contributed by atoms with E-state index in [4.69, 9.17) is 0 Å². The summed E-state index contributed by atoms with van der Waals surface area (Å²) in [5.41, 5.74) is 2.42. The zero-order valence-corrected chi connectivity index (χ0v) is 9.88. The van der Waals surface area contributed by atoms with E-state index in [9.17, 15) is 0 Å². The van der Waals surface area contributed by atoms with Crippen molar-refractivity contribution in [2.24, 2.45) is 0 Å². The number of pyridine rings is 1. The van der Waals surface area contributed by atoms with E-state index >= 15 is 0 Å². The highest BCUT2D eigenvalue weighted by atomic mass is 14.9. The van der Waals surface area contributed by atoms with Crippen molar-refractivity contribution in [3.8, 4) is 0 Å². The summed E-state index contributed by atoms with van der Waals surface area (Å²) in [4.78, 5) is 4.15. The summed E-state index contributed by atoms with van der Waals surface area (Å²) in [7, 11) is 0. The SMILES string of the molecule is CCCNCc1cnccc1NC(C)C. The first-order valence-electron chi connectivity index (χ1n) is 5.64. The molecule has 2 N–H and O–H groups in total. The van der Waals surface area contributed by atoms with Crippen molar-refractivity contribution in [1.82, 2.24) is 10.3 Å². The lowest BCUT2D eigenvalue weighted by Crippen LogP contribution is -2.17. The molecule has 84 valence electrons. The van der Waals surface area contributed by atoms with Crippen LogP contribution in [0.2, 0.25) is 0 Å². The van der Waals surface area contributed by atoms with Crippen LogP contribution in [0.25, 0.3) is 0 Å². The van der Waals surface area contributed by atoms with E-state index in [1.807, 2.05) is 18.5 Å². The third-order valence-electron chi connectivity index (χ3n) is 2.09. The average molecular weight is 207 g/mol. The summed E-state index contributed by atoms with van der Waals surface area (Å²) in [6.07, 6.45) is 4.91. The number of aromatic nitrogens is 1. The number of hydrogen-bond donors (Lipinski definition) is 2. The van der Waals surface area contributed by atoms with Gasteiger partial charge in [0.15, 0.2) is 0 Å². The molecular weight excluding hydrogens is 186 g/mol. The number of nitrogens with zero attached hydrogens (tertiary/aromatic N) is 1. The Hall–Kier alpha value is -1.09. The second-order valence-corrected chi connectivity index (χ2v) is 4.01. The first kappa shape index (κ1) is 12.0. The van der Waals surface area contributed by atoms with Crippen molar-refractivity contribution in [3.05, 3.63) is 24.0 Å². The lowest BCUT2D eigenvalue weighted by atomic mass is 10.2. The lowest BCUT2D eigenvalue weighted by molar-refractivity contribution is 0.673. The summed E-state index contributed by atoms with van der Waals surface area (Å²) in [6, 6.07) is 2.49. The number of anilines is 1. The van der Waals surface area contributed by atoms with E-state index < -0.39 is 0 Å². The number of rotatable bonds is 6. The molecule has 0 aliphatic heterocycles. The van der Waals surface area contributed by atoms with Crippen LogP contribution in [0.3, 0.4) is 0 Å². The smallest absolute Gasteiger partial charge is 0.0418 e. The van der Waals surface area contributed by atoms with E-state index in [0.717, 1.165) is 19.5 Å². The second-order valence-electron chi connectivity index (χ2n) is 4.01. The molecule has 0 aliphatic rings. The van der Waals surface area contributed by atoms with Gasteiger partial charge < -0.3 is 10.6 Å². The van der Waals surface area contributed by atoms with Gasteiger partial charge in [-0.2, -0.15) is 0 Å². The molecule has 0 atom stereocenters. The zero-order valence-electron chi connectivity index (χ0n) is 9.88. The Balaban J connectivity index is 2.60. The maximum absolute atomic E-state index is 4.15. The van der Waals surface area contributed by atoms with Gasteiger partial charge in [-0.15, -0.1) is 0 Å². The summed E-state index contributed by atoms with van der Waals surface area (Å²) >= 11 is 0. The van der Waals surface area contributed by atoms with Gasteiger partial charge >= 0.3 is 0 Å². The van der Waals surface area contributed by atoms with Gasteiger partial charge in [-0.1, -0.05) is 6.92 Å². The van der Waals surface area contributed by atoms with Crippen molar-refractivity contribution in [2.75, 3.05) is 11.9 Å². The highest BCUT2D eigenvalue weighted by Gasteiger charge is 2.02. The molecule has 0 aromatic carbocycles. The van der Waals surface area contributed by atoms with Crippen molar-refractivity contribution >= 4 is 5.69 Å². The molecule has 3 nitrogen and oxygen atoms in total. The molecule has 15 heavy (non-hydrogen) atoms. The standard InChI is InChI=1S/C12H21N3/c1-4-6-13-8-11-9-14-7-5-12(11)15-10(2)3/h5,7,9-10,13H,4,6,8H2,1-3H3,(H,14,15). The van der Waals surface area contributed by atoms with E-state index in [-0.39, 0.29) is 0 Å². The fraction of sp³-hybridized carbons (Fsp3) is 0.583. The van der Waals surface area contributed by atoms with Gasteiger partial charge in [0.1, 0.15) is 0 Å². The highest BCUT2D eigenvalue weighted by Crippen LogP contribution is 2.14. The summed E-state index contributed by atoms with van der Waals surface area (Å²) in [5, 5.41) is 6.81. The van der Waals surface area contributed by atoms with Gasteiger partial charge in [-0.3, -0.25) is 4.98 Å². The molecule has 0 saturated carbocycles. The molecule has 0 saturated heterocycles. The highest BCUT2D eigenvalue weighted by molar-refractivity contribution is 5.49. The molecule has 0 amide bonds. The first-order valence-corrected chi connectivity index (χ1v) is 5.64. The monoisotopic (exact) mass is 207 g/mol. The van der Waals surface area contributed by atoms with Crippen LogP contribution in [0.1, 0.15) is 32.8 Å². The van der Waals surface area contributed by atoms with Crippen LogP contribution < -0.4 is 10.6 Å². The number of hydrogen-bond acceptors (Lipinski definition) is 3. The van der Waals surface area contributed by atoms with Gasteiger partial charge in [-0.25, -0.2) is 0 Å². The maximum atomic E-state index is 4.15. The topological polar surface area (TPSA) is 37.0 Å². The van der Waals surface area contributed by atoms with Crippen molar-refractivity contribution < 1.29 is 0 Å². The van der Waals surface area contributed by atoms with E-state index in [2.05, 4.69) is 36.4 Å². The van der Waals surface area contributed by atoms with Crippen LogP contribution in [-0.2, 0) is 6.54 Å². The number of nitrogens with one attached hydrogen (secondary N) is 2. The molecule has 1 aromatic rings. The average Bonchev–Trinajstić information content (AvgIpc) is 2.20. The first-order chi connectivity index (χ1) is 7.24. The van der Waals surface area contributed by atoms with Crippen LogP contribution in [0.15, 0.2) is 18.5 Å². The van der Waals surface area contributed by atoms with Crippen molar-refractivity contribution in [2.45, 2.75) is 39.8 Å². The normalized spacial score (nSPS) is 10.7. The van der Waals surface area contributed by atoms with Crippen LogP contribution in [0.4, 0.5) is 5.69 Å². The largest absolute Gasteiger partial charge is 0.383 e. The zero-order chi connectivity index (χ0) is 11.1. The third-order valence-corrected chi connectivity index (χ3v) is 2.09. The summed E-state index contributed by atoms with van der Waals surface area (Å²) in [5.74, 6) is 0. The summed E-state index contributed by atoms with van der Waals surface area (Å²) in [6.45, 7) is 8.39. The fourth-order valence-electron chi connectivity index (χ4n) is 1.42. The molecule has 0 radical (unpaired) electrons. The van der Waals surface area contributed by atoms with E-state index in [1.165, 1.54) is 11.3 Å². The molecule has 0 aliphatic carbocycles. The minimum Gasteiger partial charge on any atom is -0.383 e. The lowest BCUT2D eigenvalue weighted by Gasteiger charge is -2.14. The summed E-state index contributed by atoms with van der Waals surface area (Å²) < 4.78 is 0. The molecule has 0 spiro atoms. The van der Waals surface area contributed by atoms with Gasteiger partial charge in [-0.05, 0) is 32.9 Å². The van der Waals surface area contributed by atoms with Gasteiger partial charge in [0.25, 0.3) is 0 Å². The maximum Gasteiger partial charge on any atom is 0.0418 e. The quantitative estimate of drug-likeness (QED) is 0.703. The van der Waals surface area contributed by atoms with Crippen LogP contribution in [0.5, 0.6) is 0 Å². The molecule has 0 unspecified atom stereocenters. The van der Waals surface area contributed by atoms with Crippen LogP contribution in [-0.4, -0.2) is 17.6 Å². The Bertz CT molecular complexity index is 284. The molecule has 3 heteroatoms. The van der Waals surface area contributed by atoms with E-state index in [0.29, 0.717) is 6.04 Å². The van der Waals surface area contributed by atoms with Gasteiger partial charge in [0, 0.05) is 36.2 Å². The Morgan fingerprint density at radius 1 is 1.40 bits per heavy atom. The Kier molecular flexibility index (Phi) is 5.12. The van der Waals surface area contributed by atoms with Gasteiger partial charge in [0.05, 0.1) is 0 Å². The van der Waals surface area contributed by atoms with Crippen LogP contribution in [0, 0.1) is 0 Å². The molecule has 1 heterocycles. The Morgan fingerprint density at radius 2 is 2.20 bits per heavy atom. The van der Waals surface area contributed by atoms with Crippen LogP contribution >= 0.6 is 0 Å². The minimum absolute atomic E-state index is 0.456. The molecule has 1 aromatic heterocycles. The van der Waals surface area contributed by atoms with Gasteiger partial charge in [0.2, 0.25) is 0 Å². The molecule has 1 rings (SSSR count). The predicted molar refractivity (Wildman–Crippen MR) is 65.0 cm³/mol. The van der Waals surface area contributed by atoms with E-state index in [1.54, 1.807) is 0 Å². The Morgan fingerprint density at radius 3 is 2.87 bits per heavy atom. The third kappa shape index (κ3) is 4.30. The molecular formula is C12H21N3. The minimum atomic E-state index is 0.456. The van der Waals surface area contributed by atoms with Crippen molar-refractivity contribution in [1.29, 1.82) is 0 Å². The Labute approximate surface area is 92.3 Å². The fourth-order valence-corrected chi connectivity index (χ4v) is 1.42. The van der Waals surface area contributed by atoms with Crippen molar-refractivity contribution in [3.63, 3.8) is 0 Å². The second kappa shape index (κ2) is 6.40. The molecule has 0 fully saturated rings.